The van der Waals surface area contributed by atoms with Gasteiger partial charge in [0.15, 0.2) is 0 Å². The van der Waals surface area contributed by atoms with Gasteiger partial charge in [-0.3, -0.25) is 0 Å². The van der Waals surface area contributed by atoms with Crippen LogP contribution in [0, 0.1) is 6.92 Å². The fourth-order valence-electron chi connectivity index (χ4n) is 0.763. The maximum absolute atomic E-state index is 3.78. The molecule has 0 saturated heterocycles. The van der Waals surface area contributed by atoms with Gasteiger partial charge in [0.25, 0.3) is 0 Å². The van der Waals surface area contributed by atoms with Crippen molar-refractivity contribution in [1.29, 1.82) is 0 Å². The molecule has 0 aromatic rings. The summed E-state index contributed by atoms with van der Waals surface area (Å²) in [5.74, 6) is 0. The Morgan fingerprint density at radius 2 is 1.67 bits per heavy atom. The van der Waals surface area contributed by atoms with Crippen LogP contribution >= 0.6 is 0 Å². The van der Waals surface area contributed by atoms with Gasteiger partial charge in [-0.2, -0.15) is 0 Å². The summed E-state index contributed by atoms with van der Waals surface area (Å²) in [7, 11) is 0. The minimum atomic E-state index is 0. The van der Waals surface area contributed by atoms with Gasteiger partial charge < -0.3 is 4.90 Å². The Balaban J connectivity index is 0. The van der Waals surface area contributed by atoms with Crippen LogP contribution in [0.4, 0.5) is 0 Å². The predicted molar refractivity (Wildman–Crippen MR) is 44.9 cm³/mol. The van der Waals surface area contributed by atoms with E-state index in [1.54, 1.807) is 0 Å². The standard InChI is InChI=1S/C7H16N.Li.H/c1-4-7-8(5-2)6-3;;/h1,4-7H2,2-3H3;;. The van der Waals surface area contributed by atoms with E-state index in [0.717, 1.165) is 26.1 Å². The average molecular weight is 122 g/mol. The van der Waals surface area contributed by atoms with Crippen LogP contribution in [0.3, 0.4) is 0 Å². The van der Waals surface area contributed by atoms with Gasteiger partial charge in [0.1, 0.15) is 0 Å². The van der Waals surface area contributed by atoms with Gasteiger partial charge in [-0.15, -0.1) is 0 Å². The van der Waals surface area contributed by atoms with E-state index >= 15 is 0 Å². The maximum atomic E-state index is 3.78. The zero-order valence-corrected chi connectivity index (χ0v) is 5.98. The number of rotatable bonds is 4. The van der Waals surface area contributed by atoms with Crippen LogP contribution in [0.2, 0.25) is 0 Å². The Bertz CT molecular complexity index is 44.2. The van der Waals surface area contributed by atoms with E-state index in [9.17, 15) is 0 Å². The van der Waals surface area contributed by atoms with Gasteiger partial charge in [0.05, 0.1) is 0 Å². The third-order valence-corrected chi connectivity index (χ3v) is 1.37. The van der Waals surface area contributed by atoms with Gasteiger partial charge in [0, 0.05) is 0 Å². The van der Waals surface area contributed by atoms with Crippen LogP contribution in [0.5, 0.6) is 0 Å². The van der Waals surface area contributed by atoms with Crippen molar-refractivity contribution >= 4 is 18.9 Å². The van der Waals surface area contributed by atoms with Crippen molar-refractivity contribution in [3.05, 3.63) is 6.92 Å². The fourth-order valence-corrected chi connectivity index (χ4v) is 0.763. The van der Waals surface area contributed by atoms with Crippen molar-refractivity contribution in [3.63, 3.8) is 0 Å². The molecule has 0 fully saturated rings. The summed E-state index contributed by atoms with van der Waals surface area (Å²) in [6, 6.07) is 0. The van der Waals surface area contributed by atoms with E-state index in [1.807, 2.05) is 0 Å². The number of nitrogens with zero attached hydrogens (tertiary/aromatic N) is 1. The van der Waals surface area contributed by atoms with Crippen molar-refractivity contribution in [2.45, 2.75) is 20.3 Å². The third-order valence-electron chi connectivity index (χ3n) is 1.37. The summed E-state index contributed by atoms with van der Waals surface area (Å²) in [6.07, 6.45) is 1.03. The molecule has 2 heteroatoms. The molecule has 0 aliphatic rings. The summed E-state index contributed by atoms with van der Waals surface area (Å²) in [6.45, 7) is 11.6. The van der Waals surface area contributed by atoms with E-state index in [0.29, 0.717) is 0 Å². The van der Waals surface area contributed by atoms with Crippen molar-refractivity contribution in [2.75, 3.05) is 19.6 Å². The first-order chi connectivity index (χ1) is 3.85. The zero-order chi connectivity index (χ0) is 6.41. The van der Waals surface area contributed by atoms with Crippen molar-refractivity contribution in [1.82, 2.24) is 4.90 Å². The minimum absolute atomic E-state index is 0. The van der Waals surface area contributed by atoms with Crippen LogP contribution in [-0.2, 0) is 0 Å². The molecule has 0 aromatic carbocycles. The van der Waals surface area contributed by atoms with Gasteiger partial charge in [0.2, 0.25) is 0 Å². The second-order valence-corrected chi connectivity index (χ2v) is 1.88. The van der Waals surface area contributed by atoms with Crippen LogP contribution in [0.15, 0.2) is 0 Å². The fraction of sp³-hybridized carbons (Fsp3) is 0.857. The molecule has 0 rings (SSSR count). The van der Waals surface area contributed by atoms with Crippen molar-refractivity contribution in [2.24, 2.45) is 0 Å². The van der Waals surface area contributed by atoms with Gasteiger partial charge >= 0.3 is 18.9 Å². The van der Waals surface area contributed by atoms with E-state index in [1.165, 1.54) is 0 Å². The second-order valence-electron chi connectivity index (χ2n) is 1.88. The summed E-state index contributed by atoms with van der Waals surface area (Å²) in [5.41, 5.74) is 0. The van der Waals surface area contributed by atoms with Crippen molar-refractivity contribution in [3.8, 4) is 0 Å². The van der Waals surface area contributed by atoms with E-state index in [4.69, 9.17) is 0 Å². The Hall–Kier alpha value is 0.557. The Morgan fingerprint density at radius 3 is 1.78 bits per heavy atom. The molecule has 1 radical (unpaired) electrons. The van der Waals surface area contributed by atoms with Crippen LogP contribution in [0.25, 0.3) is 0 Å². The molecule has 0 N–H and O–H groups in total. The van der Waals surface area contributed by atoms with E-state index in [2.05, 4.69) is 25.7 Å². The van der Waals surface area contributed by atoms with Crippen LogP contribution in [-0.4, -0.2) is 43.4 Å². The molecular formula is C7H17LiN. The Kier molecular flexibility index (Phi) is 11.7. The quantitative estimate of drug-likeness (QED) is 0.501. The third kappa shape index (κ3) is 6.44. The van der Waals surface area contributed by atoms with E-state index < -0.39 is 0 Å². The molecule has 0 bridgehead atoms. The second kappa shape index (κ2) is 8.56. The van der Waals surface area contributed by atoms with Gasteiger partial charge in [-0.25, -0.2) is 0 Å². The first-order valence-electron chi connectivity index (χ1n) is 3.36. The van der Waals surface area contributed by atoms with Gasteiger partial charge in [-0.1, -0.05) is 20.8 Å². The first-order valence-corrected chi connectivity index (χ1v) is 3.36. The molecule has 0 unspecified atom stereocenters. The monoisotopic (exact) mass is 122 g/mol. The Morgan fingerprint density at radius 1 is 1.22 bits per heavy atom. The summed E-state index contributed by atoms with van der Waals surface area (Å²) in [4.78, 5) is 2.37. The molecule has 0 aliphatic heterocycles. The summed E-state index contributed by atoms with van der Waals surface area (Å²) >= 11 is 0. The molecular weight excluding hydrogens is 105 g/mol. The number of hydrogen-bond donors (Lipinski definition) is 0. The summed E-state index contributed by atoms with van der Waals surface area (Å²) in [5, 5.41) is 0. The van der Waals surface area contributed by atoms with E-state index in [-0.39, 0.29) is 18.9 Å². The predicted octanol–water partition coefficient (Wildman–Crippen LogP) is 0.904. The zero-order valence-electron chi connectivity index (χ0n) is 5.98. The average Bonchev–Trinajstić information content (AvgIpc) is 1.83. The summed E-state index contributed by atoms with van der Waals surface area (Å²) < 4.78 is 0. The molecule has 0 saturated carbocycles. The van der Waals surface area contributed by atoms with Crippen molar-refractivity contribution < 1.29 is 0 Å². The molecule has 9 heavy (non-hydrogen) atoms. The normalized spacial score (nSPS) is 9.33. The molecule has 0 aliphatic carbocycles. The van der Waals surface area contributed by atoms with Crippen LogP contribution < -0.4 is 0 Å². The molecule has 0 atom stereocenters. The Labute approximate surface area is 71.0 Å². The van der Waals surface area contributed by atoms with Crippen LogP contribution in [0.1, 0.15) is 20.3 Å². The molecule has 0 spiro atoms. The van der Waals surface area contributed by atoms with Gasteiger partial charge in [-0.05, 0) is 26.1 Å². The molecule has 0 amide bonds. The number of hydrogen-bond acceptors (Lipinski definition) is 1. The molecule has 51 valence electrons. The molecule has 0 heterocycles. The first kappa shape index (κ1) is 12.3. The molecule has 1 nitrogen and oxygen atoms in total. The molecule has 0 aromatic heterocycles. The topological polar surface area (TPSA) is 3.24 Å². The SMILES string of the molecule is [CH2]CCN(CC)CC.[LiH].